The number of nitrogens with zero attached hydrogens (tertiary/aromatic N) is 4. The first-order valence-electron chi connectivity index (χ1n) is 7.32. The van der Waals surface area contributed by atoms with Crippen LogP contribution in [-0.4, -0.2) is 31.1 Å². The largest absolute Gasteiger partial charge is 0.339 e. The minimum atomic E-state index is -0.568. The SMILES string of the molecule is C#CC(=O)Nc1cc2c(Nc3cccc4[nH]ncc34)ncnc2cn1. The Kier molecular flexibility index (Phi) is 3.44. The molecule has 0 fully saturated rings. The molecule has 25 heavy (non-hydrogen) atoms. The highest BCUT2D eigenvalue weighted by molar-refractivity contribution is 6.04. The first-order valence-corrected chi connectivity index (χ1v) is 7.32. The summed E-state index contributed by atoms with van der Waals surface area (Å²) in [4.78, 5) is 24.0. The van der Waals surface area contributed by atoms with Gasteiger partial charge < -0.3 is 5.32 Å². The molecule has 8 heteroatoms. The second-order valence-electron chi connectivity index (χ2n) is 5.17. The van der Waals surface area contributed by atoms with Crippen molar-refractivity contribution in [2.24, 2.45) is 0 Å². The number of nitrogens with one attached hydrogen (secondary N) is 3. The molecular formula is C17H11N7O. The Bertz CT molecular complexity index is 1140. The molecule has 0 aliphatic rings. The zero-order valence-electron chi connectivity index (χ0n) is 12.8. The summed E-state index contributed by atoms with van der Waals surface area (Å²) >= 11 is 0. The fraction of sp³-hybridized carbons (Fsp3) is 0. The van der Waals surface area contributed by atoms with E-state index in [1.54, 1.807) is 18.5 Å². The van der Waals surface area contributed by atoms with Crippen molar-refractivity contribution in [1.29, 1.82) is 0 Å². The van der Waals surface area contributed by atoms with Gasteiger partial charge in [-0.3, -0.25) is 15.2 Å². The van der Waals surface area contributed by atoms with Gasteiger partial charge in [0.25, 0.3) is 0 Å². The normalized spacial score (nSPS) is 10.5. The first kappa shape index (κ1) is 14.6. The third-order valence-electron chi connectivity index (χ3n) is 3.63. The summed E-state index contributed by atoms with van der Waals surface area (Å²) in [5.41, 5.74) is 2.39. The fourth-order valence-corrected chi connectivity index (χ4v) is 2.48. The quantitative estimate of drug-likeness (QED) is 0.497. The number of aromatic amines is 1. The molecule has 0 radical (unpaired) electrons. The van der Waals surface area contributed by atoms with Gasteiger partial charge in [0.15, 0.2) is 0 Å². The molecule has 0 saturated heterocycles. The van der Waals surface area contributed by atoms with Crippen molar-refractivity contribution in [1.82, 2.24) is 25.1 Å². The number of carbonyl (C=O) groups is 1. The van der Waals surface area contributed by atoms with E-state index >= 15 is 0 Å². The second kappa shape index (κ2) is 5.90. The molecule has 0 bridgehead atoms. The third-order valence-corrected chi connectivity index (χ3v) is 3.63. The minimum Gasteiger partial charge on any atom is -0.339 e. The molecule has 0 unspecified atom stereocenters. The summed E-state index contributed by atoms with van der Waals surface area (Å²) in [7, 11) is 0. The first-order chi connectivity index (χ1) is 12.2. The number of hydrogen-bond donors (Lipinski definition) is 3. The van der Waals surface area contributed by atoms with Gasteiger partial charge in [0, 0.05) is 10.8 Å². The number of pyridine rings is 1. The van der Waals surface area contributed by atoms with E-state index in [1.165, 1.54) is 6.33 Å². The lowest BCUT2D eigenvalue weighted by Crippen LogP contribution is -2.09. The highest BCUT2D eigenvalue weighted by Crippen LogP contribution is 2.28. The van der Waals surface area contributed by atoms with E-state index in [0.29, 0.717) is 22.5 Å². The summed E-state index contributed by atoms with van der Waals surface area (Å²) in [6, 6.07) is 7.44. The van der Waals surface area contributed by atoms with Crippen LogP contribution in [0.5, 0.6) is 0 Å². The van der Waals surface area contributed by atoms with Gasteiger partial charge in [-0.05, 0) is 24.1 Å². The predicted molar refractivity (Wildman–Crippen MR) is 94.2 cm³/mol. The Morgan fingerprint density at radius 3 is 2.96 bits per heavy atom. The number of anilines is 3. The Balaban J connectivity index is 1.78. The summed E-state index contributed by atoms with van der Waals surface area (Å²) in [5, 5.41) is 14.4. The number of terminal acetylenes is 1. The van der Waals surface area contributed by atoms with Crippen LogP contribution in [-0.2, 0) is 4.79 Å². The van der Waals surface area contributed by atoms with E-state index in [9.17, 15) is 4.79 Å². The maximum absolute atomic E-state index is 11.4. The van der Waals surface area contributed by atoms with E-state index in [4.69, 9.17) is 6.42 Å². The molecule has 3 N–H and O–H groups in total. The van der Waals surface area contributed by atoms with Crippen molar-refractivity contribution < 1.29 is 4.79 Å². The number of carbonyl (C=O) groups excluding carboxylic acids is 1. The number of amides is 1. The monoisotopic (exact) mass is 329 g/mol. The molecule has 3 heterocycles. The Labute approximate surface area is 141 Å². The van der Waals surface area contributed by atoms with Crippen LogP contribution in [0.1, 0.15) is 0 Å². The maximum atomic E-state index is 11.4. The molecule has 0 saturated carbocycles. The Morgan fingerprint density at radius 2 is 2.08 bits per heavy atom. The van der Waals surface area contributed by atoms with Crippen LogP contribution in [0.25, 0.3) is 21.8 Å². The molecule has 0 atom stereocenters. The number of hydrogen-bond acceptors (Lipinski definition) is 6. The van der Waals surface area contributed by atoms with Gasteiger partial charge in [-0.2, -0.15) is 5.10 Å². The molecule has 4 aromatic rings. The summed E-state index contributed by atoms with van der Waals surface area (Å²) < 4.78 is 0. The minimum absolute atomic E-state index is 0.329. The lowest BCUT2D eigenvalue weighted by molar-refractivity contribution is -0.111. The van der Waals surface area contributed by atoms with Crippen LogP contribution in [0.4, 0.5) is 17.3 Å². The van der Waals surface area contributed by atoms with Gasteiger partial charge in [0.05, 0.1) is 29.1 Å². The predicted octanol–water partition coefficient (Wildman–Crippen LogP) is 2.22. The highest BCUT2D eigenvalue weighted by Gasteiger charge is 2.09. The van der Waals surface area contributed by atoms with Crippen molar-refractivity contribution in [3.63, 3.8) is 0 Å². The van der Waals surface area contributed by atoms with Crippen LogP contribution in [0.15, 0.2) is 43.0 Å². The van der Waals surface area contributed by atoms with Gasteiger partial charge in [-0.15, -0.1) is 6.42 Å². The summed E-state index contributed by atoms with van der Waals surface area (Å²) in [6.07, 6.45) is 9.80. The van der Waals surface area contributed by atoms with Gasteiger partial charge >= 0.3 is 5.91 Å². The number of aromatic nitrogens is 5. The molecular weight excluding hydrogens is 318 g/mol. The molecule has 0 spiro atoms. The fourth-order valence-electron chi connectivity index (χ4n) is 2.48. The van der Waals surface area contributed by atoms with E-state index in [2.05, 4.69) is 35.8 Å². The molecule has 8 nitrogen and oxygen atoms in total. The van der Waals surface area contributed by atoms with E-state index in [1.807, 2.05) is 24.1 Å². The van der Waals surface area contributed by atoms with Gasteiger partial charge in [0.1, 0.15) is 18.0 Å². The maximum Gasteiger partial charge on any atom is 0.301 e. The van der Waals surface area contributed by atoms with Crippen LogP contribution in [0.3, 0.4) is 0 Å². The molecule has 0 aliphatic heterocycles. The van der Waals surface area contributed by atoms with Crippen molar-refractivity contribution >= 4 is 45.0 Å². The topological polar surface area (TPSA) is 108 Å². The van der Waals surface area contributed by atoms with Crippen molar-refractivity contribution in [3.8, 4) is 12.3 Å². The van der Waals surface area contributed by atoms with Crippen LogP contribution >= 0.6 is 0 Å². The van der Waals surface area contributed by atoms with Gasteiger partial charge in [0.2, 0.25) is 0 Å². The average molecular weight is 329 g/mol. The van der Waals surface area contributed by atoms with E-state index < -0.39 is 5.91 Å². The number of H-pyrrole nitrogens is 1. The molecule has 1 aromatic carbocycles. The molecule has 0 aliphatic carbocycles. The molecule has 3 aromatic heterocycles. The van der Waals surface area contributed by atoms with Gasteiger partial charge in [-0.25, -0.2) is 15.0 Å². The number of benzene rings is 1. The van der Waals surface area contributed by atoms with Crippen molar-refractivity contribution in [2.45, 2.75) is 0 Å². The number of fused-ring (bicyclic) bond motifs is 2. The average Bonchev–Trinajstić information content (AvgIpc) is 3.12. The number of rotatable bonds is 3. The highest BCUT2D eigenvalue weighted by atomic mass is 16.1. The van der Waals surface area contributed by atoms with E-state index in [-0.39, 0.29) is 0 Å². The Hall–Kier alpha value is -3.99. The van der Waals surface area contributed by atoms with Crippen LogP contribution < -0.4 is 10.6 Å². The van der Waals surface area contributed by atoms with Crippen molar-refractivity contribution in [3.05, 3.63) is 43.0 Å². The molecule has 120 valence electrons. The third kappa shape index (κ3) is 2.70. The van der Waals surface area contributed by atoms with Crippen molar-refractivity contribution in [2.75, 3.05) is 10.6 Å². The Morgan fingerprint density at radius 1 is 1.16 bits per heavy atom. The zero-order valence-corrected chi connectivity index (χ0v) is 12.8. The van der Waals surface area contributed by atoms with Crippen LogP contribution in [0.2, 0.25) is 0 Å². The van der Waals surface area contributed by atoms with Crippen LogP contribution in [0, 0.1) is 12.3 Å². The summed E-state index contributed by atoms with van der Waals surface area (Å²) in [6.45, 7) is 0. The lowest BCUT2D eigenvalue weighted by atomic mass is 10.2. The zero-order chi connectivity index (χ0) is 17.2. The molecule has 4 rings (SSSR count). The van der Waals surface area contributed by atoms with E-state index in [0.717, 1.165) is 16.6 Å². The summed E-state index contributed by atoms with van der Waals surface area (Å²) in [5.74, 6) is 2.33. The molecule has 1 amide bonds. The smallest absolute Gasteiger partial charge is 0.301 e. The standard InChI is InChI=1S/C17H11N7O/c1-2-16(25)23-15-6-10-14(8-18-15)19-9-20-17(10)22-12-4-3-5-13-11(12)7-21-24-13/h1,3-9H,(H,21,24)(H,18,23,25)(H,19,20,22). The second-order valence-corrected chi connectivity index (χ2v) is 5.17. The van der Waals surface area contributed by atoms with Gasteiger partial charge in [-0.1, -0.05) is 6.07 Å². The lowest BCUT2D eigenvalue weighted by Gasteiger charge is -2.10.